The maximum absolute atomic E-state index is 12.0. The minimum Gasteiger partial charge on any atom is -0.309 e. The van der Waals surface area contributed by atoms with E-state index in [1.807, 2.05) is 41.8 Å². The zero-order chi connectivity index (χ0) is 20.9. The molecule has 31 heavy (non-hydrogen) atoms. The number of amides is 1. The van der Waals surface area contributed by atoms with Gasteiger partial charge in [-0.2, -0.15) is 10.2 Å². The summed E-state index contributed by atoms with van der Waals surface area (Å²) < 4.78 is 3.53. The van der Waals surface area contributed by atoms with E-state index in [1.54, 1.807) is 10.7 Å². The lowest BCUT2D eigenvalue weighted by Gasteiger charge is -2.02. The van der Waals surface area contributed by atoms with Crippen molar-refractivity contribution < 1.29 is 4.79 Å². The fourth-order valence-corrected chi connectivity index (χ4v) is 3.97. The highest BCUT2D eigenvalue weighted by Gasteiger charge is 2.30. The molecule has 0 spiro atoms. The molecule has 1 fully saturated rings. The molecular formula is C19H16N10OS. The highest BCUT2D eigenvalue weighted by atomic mass is 32.2. The Labute approximate surface area is 179 Å². The van der Waals surface area contributed by atoms with Crippen molar-refractivity contribution in [3.05, 3.63) is 42.5 Å². The SMILES string of the molecule is Cc1nc(-c2ccc3nnc(Sc4ccc5nc(NC(=O)C6CC6)cn5n4)n3c2)n[nH]1. The number of aryl methyl sites for hydroxylation is 1. The Bertz CT molecular complexity index is 1450. The normalized spacial score (nSPS) is 13.8. The standard InChI is InChI=1S/C19H16N10OS/c1-10-20-17(25-23-10)12-4-5-15-24-26-19(28(15)8-12)31-16-7-6-14-21-13(9-29(14)27-16)22-18(30)11-2-3-11/h4-9,11H,2-3H2,1H3,(H,22,30)(H,20,23,25). The predicted molar refractivity (Wildman–Crippen MR) is 112 cm³/mol. The molecule has 5 aromatic heterocycles. The van der Waals surface area contributed by atoms with Crippen LogP contribution in [0.1, 0.15) is 18.7 Å². The summed E-state index contributed by atoms with van der Waals surface area (Å²) in [6, 6.07) is 7.50. The molecule has 1 saturated carbocycles. The van der Waals surface area contributed by atoms with Crippen molar-refractivity contribution in [3.63, 3.8) is 0 Å². The number of rotatable bonds is 5. The Hall–Kier alpha value is -3.80. The number of pyridine rings is 1. The van der Waals surface area contributed by atoms with Crippen LogP contribution in [0.25, 0.3) is 22.7 Å². The first kappa shape index (κ1) is 18.0. The quantitative estimate of drug-likeness (QED) is 0.433. The van der Waals surface area contributed by atoms with E-state index in [1.165, 1.54) is 11.8 Å². The Morgan fingerprint density at radius 3 is 2.81 bits per heavy atom. The van der Waals surface area contributed by atoms with Crippen molar-refractivity contribution >= 4 is 34.8 Å². The van der Waals surface area contributed by atoms with Gasteiger partial charge in [0.1, 0.15) is 10.9 Å². The molecule has 11 nitrogen and oxygen atoms in total. The number of aromatic nitrogens is 9. The number of hydrogen-bond donors (Lipinski definition) is 2. The summed E-state index contributed by atoms with van der Waals surface area (Å²) in [5.41, 5.74) is 2.23. The first-order valence-electron chi connectivity index (χ1n) is 9.72. The summed E-state index contributed by atoms with van der Waals surface area (Å²) in [4.78, 5) is 20.8. The molecule has 0 aromatic carbocycles. The second kappa shape index (κ2) is 6.87. The highest BCUT2D eigenvalue weighted by Crippen LogP contribution is 2.30. The number of anilines is 1. The molecule has 0 bridgehead atoms. The van der Waals surface area contributed by atoms with Crippen molar-refractivity contribution in [1.82, 2.24) is 44.4 Å². The number of imidazole rings is 1. The number of carbonyl (C=O) groups is 1. The van der Waals surface area contributed by atoms with Crippen molar-refractivity contribution in [3.8, 4) is 11.4 Å². The lowest BCUT2D eigenvalue weighted by Crippen LogP contribution is -2.13. The van der Waals surface area contributed by atoms with E-state index in [0.717, 1.165) is 29.3 Å². The van der Waals surface area contributed by atoms with E-state index in [0.29, 0.717) is 28.1 Å². The van der Waals surface area contributed by atoms with E-state index in [9.17, 15) is 4.79 Å². The van der Waals surface area contributed by atoms with E-state index in [-0.39, 0.29) is 11.8 Å². The van der Waals surface area contributed by atoms with E-state index in [4.69, 9.17) is 0 Å². The first-order chi connectivity index (χ1) is 15.1. The average molecular weight is 432 g/mol. The monoisotopic (exact) mass is 432 g/mol. The lowest BCUT2D eigenvalue weighted by molar-refractivity contribution is -0.117. The minimum atomic E-state index is 0.0188. The van der Waals surface area contributed by atoms with Crippen LogP contribution >= 0.6 is 11.8 Å². The zero-order valence-electron chi connectivity index (χ0n) is 16.3. The maximum Gasteiger partial charge on any atom is 0.228 e. The van der Waals surface area contributed by atoms with Gasteiger partial charge in [0.25, 0.3) is 0 Å². The van der Waals surface area contributed by atoms with Gasteiger partial charge in [0.2, 0.25) is 11.1 Å². The van der Waals surface area contributed by atoms with Crippen LogP contribution in [0.5, 0.6) is 0 Å². The summed E-state index contributed by atoms with van der Waals surface area (Å²) in [6.07, 6.45) is 5.51. The van der Waals surface area contributed by atoms with Gasteiger partial charge in [0, 0.05) is 17.7 Å². The molecule has 0 atom stereocenters. The van der Waals surface area contributed by atoms with Gasteiger partial charge in [-0.3, -0.25) is 14.3 Å². The summed E-state index contributed by atoms with van der Waals surface area (Å²) in [5, 5.41) is 24.4. The van der Waals surface area contributed by atoms with Gasteiger partial charge in [0.05, 0.1) is 6.20 Å². The topological polar surface area (TPSA) is 131 Å². The Balaban J connectivity index is 1.29. The van der Waals surface area contributed by atoms with Crippen molar-refractivity contribution in [2.75, 3.05) is 5.32 Å². The van der Waals surface area contributed by atoms with Crippen LogP contribution in [0.2, 0.25) is 0 Å². The number of aromatic amines is 1. The number of hydrogen-bond acceptors (Lipinski definition) is 8. The van der Waals surface area contributed by atoms with Crippen LogP contribution in [0.3, 0.4) is 0 Å². The van der Waals surface area contributed by atoms with Crippen LogP contribution in [-0.2, 0) is 4.79 Å². The summed E-state index contributed by atoms with van der Waals surface area (Å²) in [6.45, 7) is 1.86. The molecule has 0 aliphatic heterocycles. The van der Waals surface area contributed by atoms with Crippen LogP contribution in [-0.4, -0.2) is 50.3 Å². The van der Waals surface area contributed by atoms with E-state index >= 15 is 0 Å². The number of carbonyl (C=O) groups excluding carboxylic acids is 1. The van der Waals surface area contributed by atoms with Crippen LogP contribution in [0, 0.1) is 12.8 Å². The highest BCUT2D eigenvalue weighted by molar-refractivity contribution is 7.99. The van der Waals surface area contributed by atoms with Crippen LogP contribution < -0.4 is 5.32 Å². The van der Waals surface area contributed by atoms with Gasteiger partial charge in [-0.25, -0.2) is 14.5 Å². The second-order valence-corrected chi connectivity index (χ2v) is 8.33. The molecule has 0 saturated heterocycles. The number of H-pyrrole nitrogens is 1. The average Bonchev–Trinajstić information content (AvgIpc) is 3.23. The summed E-state index contributed by atoms with van der Waals surface area (Å²) in [5.74, 6) is 2.01. The van der Waals surface area contributed by atoms with Crippen molar-refractivity contribution in [2.45, 2.75) is 29.9 Å². The van der Waals surface area contributed by atoms with Gasteiger partial charge in [-0.15, -0.1) is 10.2 Å². The molecule has 5 aromatic rings. The zero-order valence-corrected chi connectivity index (χ0v) is 17.2. The third-order valence-electron chi connectivity index (χ3n) is 4.92. The van der Waals surface area contributed by atoms with Gasteiger partial charge < -0.3 is 5.32 Å². The van der Waals surface area contributed by atoms with Crippen molar-refractivity contribution in [2.24, 2.45) is 5.92 Å². The number of nitrogens with one attached hydrogen (secondary N) is 2. The summed E-state index contributed by atoms with van der Waals surface area (Å²) in [7, 11) is 0. The van der Waals surface area contributed by atoms with Gasteiger partial charge >= 0.3 is 0 Å². The van der Waals surface area contributed by atoms with Gasteiger partial charge in [-0.05, 0) is 55.8 Å². The third kappa shape index (κ3) is 3.40. The Kier molecular flexibility index (Phi) is 3.99. The number of fused-ring (bicyclic) bond motifs is 2. The molecule has 154 valence electrons. The van der Waals surface area contributed by atoms with E-state index in [2.05, 4.69) is 40.8 Å². The lowest BCUT2D eigenvalue weighted by atomic mass is 10.3. The van der Waals surface area contributed by atoms with E-state index < -0.39 is 0 Å². The van der Waals surface area contributed by atoms with Gasteiger partial charge in [-0.1, -0.05) is 0 Å². The first-order valence-corrected chi connectivity index (χ1v) is 10.5. The molecule has 1 aliphatic rings. The molecule has 2 N–H and O–H groups in total. The van der Waals surface area contributed by atoms with Crippen LogP contribution in [0.15, 0.2) is 46.8 Å². The Morgan fingerprint density at radius 2 is 2.00 bits per heavy atom. The van der Waals surface area contributed by atoms with Gasteiger partial charge in [0.15, 0.2) is 22.9 Å². The molecule has 6 rings (SSSR count). The summed E-state index contributed by atoms with van der Waals surface area (Å²) >= 11 is 1.38. The molecule has 0 radical (unpaired) electrons. The minimum absolute atomic E-state index is 0.0188. The fourth-order valence-electron chi connectivity index (χ4n) is 3.19. The number of nitrogens with zero attached hydrogens (tertiary/aromatic N) is 8. The van der Waals surface area contributed by atoms with Crippen LogP contribution in [0.4, 0.5) is 5.82 Å². The molecule has 0 unspecified atom stereocenters. The largest absolute Gasteiger partial charge is 0.309 e. The molecule has 12 heteroatoms. The smallest absolute Gasteiger partial charge is 0.228 e. The molecule has 5 heterocycles. The third-order valence-corrected chi connectivity index (χ3v) is 5.81. The molecule has 1 aliphatic carbocycles. The Morgan fingerprint density at radius 1 is 1.13 bits per heavy atom. The fraction of sp³-hybridized carbons (Fsp3) is 0.211. The predicted octanol–water partition coefficient (Wildman–Crippen LogP) is 2.37. The van der Waals surface area contributed by atoms with Crippen molar-refractivity contribution in [1.29, 1.82) is 0 Å². The second-order valence-electron chi connectivity index (χ2n) is 7.34. The maximum atomic E-state index is 12.0. The molecule has 1 amide bonds. The molecular weight excluding hydrogens is 416 g/mol.